The molecule has 3 atom stereocenters. The lowest BCUT2D eigenvalue weighted by molar-refractivity contribution is -0.173. The molecule has 0 radical (unpaired) electrons. The van der Waals surface area contributed by atoms with Gasteiger partial charge >= 0.3 is 0 Å². The van der Waals surface area contributed by atoms with Gasteiger partial charge in [0.15, 0.2) is 0 Å². The van der Waals surface area contributed by atoms with Crippen LogP contribution in [-0.4, -0.2) is 36.5 Å². The highest BCUT2D eigenvalue weighted by Crippen LogP contribution is 2.57. The van der Waals surface area contributed by atoms with Gasteiger partial charge in [-0.3, -0.25) is 0 Å². The Morgan fingerprint density at radius 1 is 1.41 bits per heavy atom. The molecular formula is C14H27NO2. The van der Waals surface area contributed by atoms with Gasteiger partial charge < -0.3 is 15.2 Å². The first-order valence-electron chi connectivity index (χ1n) is 7.13. The SMILES string of the molecule is CCOC1CC(NCC(O)C(C)C)C12CCC2. The van der Waals surface area contributed by atoms with Gasteiger partial charge in [0.1, 0.15) is 0 Å². The van der Waals surface area contributed by atoms with Crippen LogP contribution in [0.15, 0.2) is 0 Å². The van der Waals surface area contributed by atoms with E-state index >= 15 is 0 Å². The third-order valence-electron chi connectivity index (χ3n) is 4.78. The Balaban J connectivity index is 1.79. The Labute approximate surface area is 105 Å². The first-order chi connectivity index (χ1) is 8.10. The second-order valence-corrected chi connectivity index (χ2v) is 6.04. The molecule has 0 aromatic carbocycles. The Bertz CT molecular complexity index is 251. The van der Waals surface area contributed by atoms with E-state index in [1.54, 1.807) is 0 Å². The summed E-state index contributed by atoms with van der Waals surface area (Å²) in [6.07, 6.45) is 5.31. The lowest BCUT2D eigenvalue weighted by Gasteiger charge is -2.61. The minimum absolute atomic E-state index is 0.224. The summed E-state index contributed by atoms with van der Waals surface area (Å²) in [5, 5.41) is 13.4. The molecule has 17 heavy (non-hydrogen) atoms. The Hall–Kier alpha value is -0.120. The lowest BCUT2D eigenvalue weighted by Crippen LogP contribution is -2.67. The zero-order valence-corrected chi connectivity index (χ0v) is 11.4. The van der Waals surface area contributed by atoms with Crippen LogP contribution in [0, 0.1) is 11.3 Å². The van der Waals surface area contributed by atoms with Crippen molar-refractivity contribution < 1.29 is 9.84 Å². The van der Waals surface area contributed by atoms with Gasteiger partial charge in [0, 0.05) is 24.6 Å². The number of ether oxygens (including phenoxy) is 1. The summed E-state index contributed by atoms with van der Waals surface area (Å²) in [6, 6.07) is 0.571. The summed E-state index contributed by atoms with van der Waals surface area (Å²) in [7, 11) is 0. The number of rotatable bonds is 6. The van der Waals surface area contributed by atoms with Gasteiger partial charge in [0.2, 0.25) is 0 Å². The minimum atomic E-state index is -0.224. The molecule has 0 heterocycles. The predicted molar refractivity (Wildman–Crippen MR) is 69.0 cm³/mol. The van der Waals surface area contributed by atoms with Crippen LogP contribution in [0.5, 0.6) is 0 Å². The maximum absolute atomic E-state index is 9.83. The van der Waals surface area contributed by atoms with Crippen LogP contribution >= 0.6 is 0 Å². The van der Waals surface area contributed by atoms with E-state index in [2.05, 4.69) is 26.1 Å². The topological polar surface area (TPSA) is 41.5 Å². The van der Waals surface area contributed by atoms with E-state index in [-0.39, 0.29) is 6.10 Å². The van der Waals surface area contributed by atoms with Gasteiger partial charge in [-0.25, -0.2) is 0 Å². The average molecular weight is 241 g/mol. The third kappa shape index (κ3) is 2.38. The Morgan fingerprint density at radius 2 is 2.12 bits per heavy atom. The van der Waals surface area contributed by atoms with Gasteiger partial charge in [0.05, 0.1) is 12.2 Å². The van der Waals surface area contributed by atoms with Gasteiger partial charge in [-0.15, -0.1) is 0 Å². The van der Waals surface area contributed by atoms with E-state index in [1.165, 1.54) is 19.3 Å². The molecule has 2 fully saturated rings. The fraction of sp³-hybridized carbons (Fsp3) is 1.00. The number of aliphatic hydroxyl groups excluding tert-OH is 1. The van der Waals surface area contributed by atoms with Gasteiger partial charge in [-0.1, -0.05) is 20.3 Å². The molecule has 100 valence electrons. The molecule has 3 unspecified atom stereocenters. The molecule has 2 aliphatic rings. The molecule has 3 heteroatoms. The van der Waals surface area contributed by atoms with Crippen molar-refractivity contribution in [2.45, 2.75) is 64.7 Å². The summed E-state index contributed by atoms with van der Waals surface area (Å²) in [5.41, 5.74) is 0.409. The Morgan fingerprint density at radius 3 is 2.59 bits per heavy atom. The van der Waals surface area contributed by atoms with E-state index in [0.717, 1.165) is 19.6 Å². The molecule has 0 aromatic rings. The fourth-order valence-electron chi connectivity index (χ4n) is 3.22. The molecule has 2 N–H and O–H groups in total. The predicted octanol–water partition coefficient (Wildman–Crippen LogP) is 1.94. The first-order valence-corrected chi connectivity index (χ1v) is 7.13. The third-order valence-corrected chi connectivity index (χ3v) is 4.78. The van der Waals surface area contributed by atoms with Gasteiger partial charge in [0.25, 0.3) is 0 Å². The molecule has 2 saturated carbocycles. The van der Waals surface area contributed by atoms with Crippen molar-refractivity contribution in [3.05, 3.63) is 0 Å². The second-order valence-electron chi connectivity index (χ2n) is 6.04. The van der Waals surface area contributed by atoms with Gasteiger partial charge in [-0.05, 0) is 32.1 Å². The number of nitrogens with one attached hydrogen (secondary N) is 1. The fourth-order valence-corrected chi connectivity index (χ4v) is 3.22. The molecule has 2 rings (SSSR count). The van der Waals surface area contributed by atoms with Crippen LogP contribution in [0.25, 0.3) is 0 Å². The summed E-state index contributed by atoms with van der Waals surface area (Å²) in [4.78, 5) is 0. The highest BCUT2D eigenvalue weighted by Gasteiger charge is 2.58. The summed E-state index contributed by atoms with van der Waals surface area (Å²) in [5.74, 6) is 0.336. The number of hydrogen-bond acceptors (Lipinski definition) is 3. The monoisotopic (exact) mass is 241 g/mol. The van der Waals surface area contributed by atoms with E-state index in [4.69, 9.17) is 4.74 Å². The van der Waals surface area contributed by atoms with Crippen molar-refractivity contribution >= 4 is 0 Å². The van der Waals surface area contributed by atoms with E-state index in [0.29, 0.717) is 23.5 Å². The number of aliphatic hydroxyl groups is 1. The zero-order valence-electron chi connectivity index (χ0n) is 11.4. The van der Waals surface area contributed by atoms with E-state index in [1.807, 2.05) is 0 Å². The molecular weight excluding hydrogens is 214 g/mol. The zero-order chi connectivity index (χ0) is 12.5. The smallest absolute Gasteiger partial charge is 0.0687 e. The Kier molecular flexibility index (Phi) is 4.11. The van der Waals surface area contributed by atoms with Crippen molar-refractivity contribution in [3.63, 3.8) is 0 Å². The highest BCUT2D eigenvalue weighted by atomic mass is 16.5. The van der Waals surface area contributed by atoms with Crippen molar-refractivity contribution in [1.29, 1.82) is 0 Å². The minimum Gasteiger partial charge on any atom is -0.392 e. The molecule has 0 bridgehead atoms. The average Bonchev–Trinajstić information content (AvgIpc) is 2.19. The maximum atomic E-state index is 9.83. The quantitative estimate of drug-likeness (QED) is 0.747. The highest BCUT2D eigenvalue weighted by molar-refractivity contribution is 5.12. The van der Waals surface area contributed by atoms with Crippen LogP contribution in [0.3, 0.4) is 0 Å². The maximum Gasteiger partial charge on any atom is 0.0687 e. The van der Waals surface area contributed by atoms with E-state index in [9.17, 15) is 5.11 Å². The molecule has 0 aliphatic heterocycles. The standard InChI is InChI=1S/C14H27NO2/c1-4-17-13-8-12(14(13)6-5-7-14)15-9-11(16)10(2)3/h10-13,15-16H,4-9H2,1-3H3. The van der Waals surface area contributed by atoms with Crippen LogP contribution in [0.4, 0.5) is 0 Å². The van der Waals surface area contributed by atoms with Crippen molar-refractivity contribution in [2.24, 2.45) is 11.3 Å². The molecule has 0 amide bonds. The van der Waals surface area contributed by atoms with Gasteiger partial charge in [-0.2, -0.15) is 0 Å². The van der Waals surface area contributed by atoms with Crippen LogP contribution in [-0.2, 0) is 4.74 Å². The molecule has 2 aliphatic carbocycles. The molecule has 0 aromatic heterocycles. The van der Waals surface area contributed by atoms with Crippen LogP contribution in [0.2, 0.25) is 0 Å². The van der Waals surface area contributed by atoms with Crippen molar-refractivity contribution in [2.75, 3.05) is 13.2 Å². The lowest BCUT2D eigenvalue weighted by atomic mass is 9.51. The van der Waals surface area contributed by atoms with Crippen molar-refractivity contribution in [1.82, 2.24) is 5.32 Å². The van der Waals surface area contributed by atoms with Crippen LogP contribution < -0.4 is 5.32 Å². The number of hydrogen-bond donors (Lipinski definition) is 2. The van der Waals surface area contributed by atoms with Crippen molar-refractivity contribution in [3.8, 4) is 0 Å². The van der Waals surface area contributed by atoms with Crippen LogP contribution in [0.1, 0.15) is 46.5 Å². The first kappa shape index (κ1) is 13.3. The largest absolute Gasteiger partial charge is 0.392 e. The molecule has 3 nitrogen and oxygen atoms in total. The summed E-state index contributed by atoms with van der Waals surface area (Å²) in [6.45, 7) is 7.76. The van der Waals surface area contributed by atoms with E-state index < -0.39 is 0 Å². The molecule has 1 spiro atoms. The summed E-state index contributed by atoms with van der Waals surface area (Å²) < 4.78 is 5.82. The normalized spacial score (nSPS) is 32.3. The second kappa shape index (κ2) is 5.25. The summed E-state index contributed by atoms with van der Waals surface area (Å²) >= 11 is 0. The molecule has 0 saturated heterocycles.